The first-order valence-electron chi connectivity index (χ1n) is 12.5. The minimum atomic E-state index is -2.66. The Bertz CT molecular complexity index is 1380. The van der Waals surface area contributed by atoms with E-state index in [4.69, 9.17) is 5.73 Å². The monoisotopic (exact) mass is 523 g/mol. The van der Waals surface area contributed by atoms with Gasteiger partial charge in [-0.1, -0.05) is 18.8 Å². The Morgan fingerprint density at radius 1 is 1.18 bits per heavy atom. The van der Waals surface area contributed by atoms with Crippen molar-refractivity contribution in [2.75, 3.05) is 33.1 Å². The van der Waals surface area contributed by atoms with Crippen LogP contribution < -0.4 is 10.6 Å². The van der Waals surface area contributed by atoms with E-state index in [-0.39, 0.29) is 35.3 Å². The number of aliphatic hydroxyl groups excluding tert-OH is 2. The fourth-order valence-electron chi connectivity index (χ4n) is 6.08. The average Bonchev–Trinajstić information content (AvgIpc) is 2.82. The lowest BCUT2D eigenvalue weighted by Gasteiger charge is -2.50. The number of likely N-dealkylation sites (N-methyl/N-ethyl adjacent to an activating group) is 1. The number of phenolic OH excluding ortho intramolecular Hbond substituents is 1. The maximum absolute atomic E-state index is 13.9. The lowest BCUT2D eigenvalue weighted by Crippen LogP contribution is -2.63. The fraction of sp³-hybridized carbons (Fsp3) is 0.464. The van der Waals surface area contributed by atoms with Crippen molar-refractivity contribution < 1.29 is 34.8 Å². The lowest BCUT2D eigenvalue weighted by molar-refractivity contribution is -0.148. The third-order valence-corrected chi connectivity index (χ3v) is 7.78. The van der Waals surface area contributed by atoms with E-state index >= 15 is 0 Å². The summed E-state index contributed by atoms with van der Waals surface area (Å²) in [4.78, 5) is 42.8. The van der Waals surface area contributed by atoms with Crippen LogP contribution in [0.1, 0.15) is 47.7 Å². The number of nitrogens with two attached hydrogens (primary N) is 1. The number of nitrogens with zero attached hydrogens (tertiary/aromatic N) is 2. The molecule has 202 valence electrons. The van der Waals surface area contributed by atoms with Gasteiger partial charge in [-0.2, -0.15) is 0 Å². The molecule has 4 rings (SSSR count). The normalized spacial score (nSPS) is 26.4. The molecule has 0 saturated carbocycles. The van der Waals surface area contributed by atoms with Gasteiger partial charge in [0.1, 0.15) is 22.8 Å². The largest absolute Gasteiger partial charge is 0.510 e. The number of amides is 1. The molecular weight excluding hydrogens is 490 g/mol. The second-order valence-corrected chi connectivity index (χ2v) is 10.6. The zero-order valence-electron chi connectivity index (χ0n) is 22.1. The van der Waals surface area contributed by atoms with Crippen LogP contribution in [0.15, 0.2) is 28.7 Å². The van der Waals surface area contributed by atoms with Crippen LogP contribution in [0, 0.1) is 23.7 Å². The second kappa shape index (κ2) is 9.49. The van der Waals surface area contributed by atoms with Crippen LogP contribution in [0.25, 0.3) is 0 Å². The van der Waals surface area contributed by atoms with E-state index in [0.717, 1.165) is 6.42 Å². The van der Waals surface area contributed by atoms with E-state index in [0.29, 0.717) is 17.7 Å². The van der Waals surface area contributed by atoms with E-state index in [1.807, 2.05) is 11.8 Å². The number of carbonyl (C=O) groups excluding carboxylic acids is 3. The minimum absolute atomic E-state index is 0.0391. The summed E-state index contributed by atoms with van der Waals surface area (Å²) in [5, 5.41) is 45.1. The highest BCUT2D eigenvalue weighted by molar-refractivity contribution is 6.25. The number of hydrogen-bond donors (Lipinski definition) is 5. The van der Waals surface area contributed by atoms with Crippen LogP contribution in [0.2, 0.25) is 0 Å². The van der Waals surface area contributed by atoms with Crippen molar-refractivity contribution in [1.82, 2.24) is 4.90 Å². The summed E-state index contributed by atoms with van der Waals surface area (Å²) in [6.07, 6.45) is 1.68. The number of anilines is 1. The van der Waals surface area contributed by atoms with E-state index < -0.39 is 58.0 Å². The number of carbonyl (C=O) groups is 3. The molecule has 0 saturated heterocycles. The van der Waals surface area contributed by atoms with Gasteiger partial charge in [0.05, 0.1) is 17.2 Å². The number of fused-ring (bicyclic) bond motifs is 3. The number of phenols is 1. The summed E-state index contributed by atoms with van der Waals surface area (Å²) in [5.74, 6) is -0.865. The first-order valence-corrected chi connectivity index (χ1v) is 12.5. The Balaban J connectivity index is 1.97. The van der Waals surface area contributed by atoms with Crippen molar-refractivity contribution in [2.45, 2.75) is 44.2 Å². The molecule has 10 nitrogen and oxygen atoms in total. The quantitative estimate of drug-likeness (QED) is 0.289. The Kier molecular flexibility index (Phi) is 6.80. The van der Waals surface area contributed by atoms with E-state index in [1.54, 1.807) is 34.3 Å². The number of rotatable bonds is 4. The molecule has 0 radical (unpaired) electrons. The number of ketones is 2. The van der Waals surface area contributed by atoms with Crippen molar-refractivity contribution in [3.8, 4) is 17.6 Å². The van der Waals surface area contributed by atoms with Crippen molar-refractivity contribution >= 4 is 23.2 Å². The number of benzene rings is 1. The Morgan fingerprint density at radius 2 is 1.84 bits per heavy atom. The number of unbranched alkanes of at least 4 members (excludes halogenated alkanes) is 1. The molecule has 6 N–H and O–H groups in total. The molecule has 1 amide bonds. The molecule has 0 unspecified atom stereocenters. The van der Waals surface area contributed by atoms with Gasteiger partial charge in [0, 0.05) is 37.7 Å². The highest BCUT2D eigenvalue weighted by Crippen LogP contribution is 2.53. The van der Waals surface area contributed by atoms with Gasteiger partial charge in [0.15, 0.2) is 11.4 Å². The molecule has 10 heteroatoms. The third-order valence-electron chi connectivity index (χ3n) is 7.78. The van der Waals surface area contributed by atoms with Gasteiger partial charge in [-0.05, 0) is 50.9 Å². The van der Waals surface area contributed by atoms with Crippen LogP contribution >= 0.6 is 0 Å². The summed E-state index contributed by atoms with van der Waals surface area (Å²) in [5.41, 5.74) is 3.13. The predicted octanol–water partition coefficient (Wildman–Crippen LogP) is 1.34. The molecule has 1 aromatic rings. The van der Waals surface area contributed by atoms with Crippen LogP contribution in [0.5, 0.6) is 5.75 Å². The van der Waals surface area contributed by atoms with Gasteiger partial charge >= 0.3 is 0 Å². The predicted molar refractivity (Wildman–Crippen MR) is 140 cm³/mol. The number of aromatic hydroxyl groups is 1. The average molecular weight is 524 g/mol. The first kappa shape index (κ1) is 27.2. The Labute approximate surface area is 221 Å². The van der Waals surface area contributed by atoms with Gasteiger partial charge in [-0.3, -0.25) is 19.3 Å². The van der Waals surface area contributed by atoms with Gasteiger partial charge in [0.2, 0.25) is 5.78 Å². The zero-order chi connectivity index (χ0) is 28.3. The van der Waals surface area contributed by atoms with Crippen LogP contribution in [-0.2, 0) is 16.0 Å². The fourth-order valence-corrected chi connectivity index (χ4v) is 6.08. The van der Waals surface area contributed by atoms with Crippen molar-refractivity contribution in [1.29, 1.82) is 0 Å². The number of primary amides is 1. The van der Waals surface area contributed by atoms with Crippen molar-refractivity contribution in [3.63, 3.8) is 0 Å². The lowest BCUT2D eigenvalue weighted by atomic mass is 9.58. The summed E-state index contributed by atoms with van der Waals surface area (Å²) in [7, 11) is 6.80. The zero-order valence-corrected chi connectivity index (χ0v) is 22.1. The highest BCUT2D eigenvalue weighted by atomic mass is 16.3. The molecule has 1 aromatic carbocycles. The van der Waals surface area contributed by atoms with Gasteiger partial charge in [-0.15, -0.1) is 0 Å². The summed E-state index contributed by atoms with van der Waals surface area (Å²) in [6.45, 7) is 1.97. The molecule has 0 aromatic heterocycles. The standard InChI is InChI=1S/C28H33N3O7/c1-6-7-8-9-13-12-17(30(2)3)15-10-14-11-16-21(31(4)5)24(34)20(27(29)37)26(36)28(16,38)25(35)18(14)23(33)19(15)22(13)32/h12,14,16,21,32,34-35,38H,6-7,10-11H2,1-5H3,(H2,29,37)/t14-,16-,21-,28-/m0/s1. The van der Waals surface area contributed by atoms with Gasteiger partial charge < -0.3 is 31.1 Å². The third kappa shape index (κ3) is 3.77. The molecule has 4 atom stereocenters. The number of Topliss-reactive ketones (excluding diaryl/α,β-unsaturated/α-hetero) is 2. The van der Waals surface area contributed by atoms with E-state index in [9.17, 15) is 34.8 Å². The Morgan fingerprint density at radius 3 is 2.39 bits per heavy atom. The minimum Gasteiger partial charge on any atom is -0.510 e. The van der Waals surface area contributed by atoms with E-state index in [1.165, 1.54) is 4.90 Å². The van der Waals surface area contributed by atoms with Crippen LogP contribution in [0.4, 0.5) is 5.69 Å². The van der Waals surface area contributed by atoms with Crippen LogP contribution in [-0.4, -0.2) is 82.6 Å². The summed E-state index contributed by atoms with van der Waals surface area (Å²) < 4.78 is 0. The number of hydrogen-bond acceptors (Lipinski definition) is 9. The van der Waals surface area contributed by atoms with Gasteiger partial charge in [0.25, 0.3) is 5.91 Å². The van der Waals surface area contributed by atoms with Crippen molar-refractivity contribution in [2.24, 2.45) is 17.6 Å². The molecule has 38 heavy (non-hydrogen) atoms. The van der Waals surface area contributed by atoms with E-state index in [2.05, 4.69) is 11.8 Å². The summed E-state index contributed by atoms with van der Waals surface area (Å²) >= 11 is 0. The molecule has 3 aliphatic rings. The summed E-state index contributed by atoms with van der Waals surface area (Å²) in [6, 6.07) is 0.691. The highest BCUT2D eigenvalue weighted by Gasteiger charge is 2.63. The number of aliphatic hydroxyl groups is 3. The maximum Gasteiger partial charge on any atom is 0.255 e. The molecule has 0 bridgehead atoms. The molecule has 0 heterocycles. The smallest absolute Gasteiger partial charge is 0.255 e. The van der Waals surface area contributed by atoms with Crippen molar-refractivity contribution in [3.05, 3.63) is 45.4 Å². The molecule has 0 aliphatic heterocycles. The van der Waals surface area contributed by atoms with Gasteiger partial charge in [-0.25, -0.2) is 0 Å². The first-order chi connectivity index (χ1) is 17.8. The number of allylic oxidation sites excluding steroid dienone is 1. The molecule has 0 spiro atoms. The van der Waals surface area contributed by atoms with Crippen LogP contribution in [0.3, 0.4) is 0 Å². The Hall–Kier alpha value is -3.81. The molecule has 0 fully saturated rings. The molecular formula is C28H33N3O7. The second-order valence-electron chi connectivity index (χ2n) is 10.6. The maximum atomic E-state index is 13.9. The SMILES string of the molecule is CCCC#Cc1cc(N(C)C)c2c(c1O)C(=O)C1=C(O)[C@]3(O)C(=O)C(C(N)=O)=C(O)[C@@H](N(C)C)[C@@H]3C[C@@H]1C2. The topological polar surface area (TPSA) is 165 Å². The molecule has 3 aliphatic carbocycles.